The third kappa shape index (κ3) is 3.68. The van der Waals surface area contributed by atoms with Gasteiger partial charge in [0.05, 0.1) is 31.5 Å². The SMILES string of the molecule is COc1cccc(-c2nc(CN3CCc4c([nH]c5ccccc45)C3C(C)C)c(C)o2)c1OC. The molecule has 1 atom stereocenters. The van der Waals surface area contributed by atoms with Gasteiger partial charge in [0.25, 0.3) is 0 Å². The molecule has 4 aromatic rings. The summed E-state index contributed by atoms with van der Waals surface area (Å²) >= 11 is 0. The predicted molar refractivity (Wildman–Crippen MR) is 130 cm³/mol. The van der Waals surface area contributed by atoms with E-state index in [0.29, 0.717) is 29.3 Å². The van der Waals surface area contributed by atoms with Gasteiger partial charge in [0.2, 0.25) is 5.89 Å². The number of hydrogen-bond acceptors (Lipinski definition) is 5. The van der Waals surface area contributed by atoms with Crippen molar-refractivity contribution in [3.05, 3.63) is 65.2 Å². The maximum absolute atomic E-state index is 6.12. The number of methoxy groups -OCH3 is 2. The summed E-state index contributed by atoms with van der Waals surface area (Å²) in [5.41, 5.74) is 5.77. The standard InChI is InChI=1S/C27H31N3O3/c1-16(2)25-24-19(18-9-6-7-11-21(18)28-24)13-14-30(25)15-22-17(3)33-27(29-22)20-10-8-12-23(31-4)26(20)32-5/h6-12,16,25,28H,13-15H2,1-5H3. The molecular formula is C27H31N3O3. The van der Waals surface area contributed by atoms with E-state index >= 15 is 0 Å². The second-order valence-corrected chi connectivity index (χ2v) is 9.04. The number of rotatable bonds is 6. The van der Waals surface area contributed by atoms with Crippen molar-refractivity contribution >= 4 is 10.9 Å². The minimum Gasteiger partial charge on any atom is -0.493 e. The first-order chi connectivity index (χ1) is 16.0. The summed E-state index contributed by atoms with van der Waals surface area (Å²) in [5, 5.41) is 1.35. The van der Waals surface area contributed by atoms with Crippen LogP contribution in [0.25, 0.3) is 22.4 Å². The Morgan fingerprint density at radius 2 is 1.94 bits per heavy atom. The minimum atomic E-state index is 0.298. The molecule has 0 radical (unpaired) electrons. The monoisotopic (exact) mass is 445 g/mol. The number of H-pyrrole nitrogens is 1. The third-order valence-electron chi connectivity index (χ3n) is 6.70. The van der Waals surface area contributed by atoms with E-state index in [1.807, 2.05) is 25.1 Å². The van der Waals surface area contributed by atoms with Crippen molar-refractivity contribution in [1.29, 1.82) is 0 Å². The highest BCUT2D eigenvalue weighted by Gasteiger charge is 2.33. The van der Waals surface area contributed by atoms with Crippen LogP contribution in [0.3, 0.4) is 0 Å². The first kappa shape index (κ1) is 21.6. The van der Waals surface area contributed by atoms with E-state index in [4.69, 9.17) is 18.9 Å². The molecule has 0 saturated carbocycles. The van der Waals surface area contributed by atoms with Crippen LogP contribution in [0, 0.1) is 12.8 Å². The highest BCUT2D eigenvalue weighted by molar-refractivity contribution is 5.85. The zero-order valence-corrected chi connectivity index (χ0v) is 19.9. The number of fused-ring (bicyclic) bond motifs is 3. The van der Waals surface area contributed by atoms with Crippen LogP contribution in [0.1, 0.15) is 42.6 Å². The molecule has 3 heterocycles. The number of ether oxygens (including phenoxy) is 2. The Kier molecular flexibility index (Phi) is 5.62. The molecule has 1 aliphatic heterocycles. The van der Waals surface area contributed by atoms with Crippen molar-refractivity contribution < 1.29 is 13.9 Å². The summed E-state index contributed by atoms with van der Waals surface area (Å²) < 4.78 is 17.2. The minimum absolute atomic E-state index is 0.298. The van der Waals surface area contributed by atoms with Gasteiger partial charge in [-0.05, 0) is 43.0 Å². The van der Waals surface area contributed by atoms with E-state index in [1.165, 1.54) is 22.2 Å². The van der Waals surface area contributed by atoms with Crippen molar-refractivity contribution in [2.75, 3.05) is 20.8 Å². The molecule has 0 aliphatic carbocycles. The fourth-order valence-electron chi connectivity index (χ4n) is 5.19. The molecule has 1 unspecified atom stereocenters. The summed E-state index contributed by atoms with van der Waals surface area (Å²) in [4.78, 5) is 11.1. The van der Waals surface area contributed by atoms with Gasteiger partial charge >= 0.3 is 0 Å². The fraction of sp³-hybridized carbons (Fsp3) is 0.370. The Balaban J connectivity index is 1.48. The Morgan fingerprint density at radius 3 is 2.70 bits per heavy atom. The number of aryl methyl sites for hydroxylation is 1. The van der Waals surface area contributed by atoms with Gasteiger partial charge in [-0.2, -0.15) is 0 Å². The van der Waals surface area contributed by atoms with Crippen LogP contribution in [0.4, 0.5) is 0 Å². The van der Waals surface area contributed by atoms with Crippen molar-refractivity contribution in [3.8, 4) is 23.0 Å². The van der Waals surface area contributed by atoms with E-state index < -0.39 is 0 Å². The molecular weight excluding hydrogens is 414 g/mol. The van der Waals surface area contributed by atoms with Crippen LogP contribution in [0.15, 0.2) is 46.9 Å². The average molecular weight is 446 g/mol. The number of benzene rings is 2. The Hall–Kier alpha value is -3.25. The lowest BCUT2D eigenvalue weighted by Crippen LogP contribution is -2.37. The van der Waals surface area contributed by atoms with E-state index in [9.17, 15) is 0 Å². The van der Waals surface area contributed by atoms with Crippen molar-refractivity contribution in [2.45, 2.75) is 39.8 Å². The topological polar surface area (TPSA) is 63.5 Å². The highest BCUT2D eigenvalue weighted by atomic mass is 16.5. The molecule has 0 fully saturated rings. The van der Waals surface area contributed by atoms with E-state index in [-0.39, 0.29) is 0 Å². The Bertz CT molecular complexity index is 1290. The second kappa shape index (κ2) is 8.60. The first-order valence-corrected chi connectivity index (χ1v) is 11.5. The summed E-state index contributed by atoms with van der Waals surface area (Å²) in [6.45, 7) is 8.29. The first-order valence-electron chi connectivity index (χ1n) is 11.5. The van der Waals surface area contributed by atoms with Gasteiger partial charge in [-0.25, -0.2) is 4.98 Å². The second-order valence-electron chi connectivity index (χ2n) is 9.04. The smallest absolute Gasteiger partial charge is 0.230 e. The van der Waals surface area contributed by atoms with E-state index in [2.05, 4.69) is 48.0 Å². The normalized spacial score (nSPS) is 16.4. The zero-order chi connectivity index (χ0) is 23.1. The zero-order valence-electron chi connectivity index (χ0n) is 19.9. The molecule has 172 valence electrons. The number of oxazole rings is 1. The van der Waals surface area contributed by atoms with Crippen LogP contribution in [0.5, 0.6) is 11.5 Å². The number of aromatic nitrogens is 2. The van der Waals surface area contributed by atoms with E-state index in [0.717, 1.165) is 36.5 Å². The summed E-state index contributed by atoms with van der Waals surface area (Å²) in [5.74, 6) is 3.15. The number of nitrogens with zero attached hydrogens (tertiary/aromatic N) is 2. The maximum Gasteiger partial charge on any atom is 0.230 e. The molecule has 2 aromatic carbocycles. The molecule has 1 N–H and O–H groups in total. The summed E-state index contributed by atoms with van der Waals surface area (Å²) in [7, 11) is 3.27. The lowest BCUT2D eigenvalue weighted by atomic mass is 9.90. The third-order valence-corrected chi connectivity index (χ3v) is 6.70. The molecule has 0 bridgehead atoms. The number of para-hydroxylation sites is 2. The summed E-state index contributed by atoms with van der Waals surface area (Å²) in [6, 6.07) is 14.7. The largest absolute Gasteiger partial charge is 0.493 e. The molecule has 0 amide bonds. The van der Waals surface area contributed by atoms with Crippen LogP contribution in [-0.2, 0) is 13.0 Å². The van der Waals surface area contributed by atoms with Gasteiger partial charge in [0.1, 0.15) is 5.76 Å². The molecule has 0 spiro atoms. The molecule has 33 heavy (non-hydrogen) atoms. The fourth-order valence-corrected chi connectivity index (χ4v) is 5.19. The highest BCUT2D eigenvalue weighted by Crippen LogP contribution is 2.41. The van der Waals surface area contributed by atoms with Gasteiger partial charge < -0.3 is 18.9 Å². The lowest BCUT2D eigenvalue weighted by Gasteiger charge is -2.38. The average Bonchev–Trinajstić information content (AvgIpc) is 3.38. The number of hydrogen-bond donors (Lipinski definition) is 1. The Labute approximate surface area is 194 Å². The quantitative estimate of drug-likeness (QED) is 0.400. The van der Waals surface area contributed by atoms with Crippen LogP contribution in [-0.4, -0.2) is 35.6 Å². The van der Waals surface area contributed by atoms with Gasteiger partial charge in [0, 0.05) is 29.7 Å². The van der Waals surface area contributed by atoms with Gasteiger partial charge in [-0.1, -0.05) is 38.1 Å². The molecule has 6 heteroatoms. The molecule has 1 aliphatic rings. The van der Waals surface area contributed by atoms with Crippen LogP contribution in [0.2, 0.25) is 0 Å². The molecule has 5 rings (SSSR count). The molecule has 2 aromatic heterocycles. The number of aromatic amines is 1. The van der Waals surface area contributed by atoms with Crippen LogP contribution >= 0.6 is 0 Å². The lowest BCUT2D eigenvalue weighted by molar-refractivity contribution is 0.131. The van der Waals surface area contributed by atoms with Gasteiger partial charge in [0.15, 0.2) is 11.5 Å². The molecule has 0 saturated heterocycles. The van der Waals surface area contributed by atoms with Crippen molar-refractivity contribution in [3.63, 3.8) is 0 Å². The van der Waals surface area contributed by atoms with Gasteiger partial charge in [-0.15, -0.1) is 0 Å². The molecule has 6 nitrogen and oxygen atoms in total. The predicted octanol–water partition coefficient (Wildman–Crippen LogP) is 5.90. The van der Waals surface area contributed by atoms with Gasteiger partial charge in [-0.3, -0.25) is 4.90 Å². The van der Waals surface area contributed by atoms with E-state index in [1.54, 1.807) is 14.2 Å². The number of nitrogens with one attached hydrogen (secondary N) is 1. The Morgan fingerprint density at radius 1 is 1.12 bits per heavy atom. The van der Waals surface area contributed by atoms with Crippen LogP contribution < -0.4 is 9.47 Å². The maximum atomic E-state index is 6.12. The van der Waals surface area contributed by atoms with Crippen molar-refractivity contribution in [2.24, 2.45) is 5.92 Å². The van der Waals surface area contributed by atoms with Crippen molar-refractivity contribution in [1.82, 2.24) is 14.9 Å². The summed E-state index contributed by atoms with van der Waals surface area (Å²) in [6.07, 6.45) is 1.02.